The van der Waals surface area contributed by atoms with E-state index in [-0.39, 0.29) is 11.6 Å². The van der Waals surface area contributed by atoms with Crippen LogP contribution in [0.4, 0.5) is 11.5 Å². The van der Waals surface area contributed by atoms with Crippen LogP contribution < -0.4 is 10.6 Å². The lowest BCUT2D eigenvalue weighted by Gasteiger charge is -2.09. The summed E-state index contributed by atoms with van der Waals surface area (Å²) in [5, 5.41) is 5.72. The number of ether oxygens (including phenoxy) is 1. The number of aromatic nitrogens is 2. The third-order valence-electron chi connectivity index (χ3n) is 3.03. The number of methoxy groups -OCH3 is 1. The van der Waals surface area contributed by atoms with Crippen LogP contribution >= 0.6 is 0 Å². The maximum absolute atomic E-state index is 12.0. The monoisotopic (exact) mass is 326 g/mol. The van der Waals surface area contributed by atoms with E-state index in [2.05, 4.69) is 27.2 Å². The molecule has 2 N–H and O–H groups in total. The minimum absolute atomic E-state index is 0.246. The van der Waals surface area contributed by atoms with Crippen molar-refractivity contribution < 1.29 is 14.3 Å². The molecule has 1 amide bonds. The van der Waals surface area contributed by atoms with E-state index in [1.807, 2.05) is 0 Å². The maximum Gasteiger partial charge on any atom is 0.337 e. The number of nitrogens with one attached hydrogen (secondary N) is 2. The zero-order valence-electron chi connectivity index (χ0n) is 13.5. The van der Waals surface area contributed by atoms with E-state index in [9.17, 15) is 9.59 Å². The van der Waals surface area contributed by atoms with Crippen LogP contribution in [0.3, 0.4) is 0 Å². The Morgan fingerprint density at radius 2 is 2.08 bits per heavy atom. The molecule has 0 aliphatic rings. The molecule has 0 spiro atoms. The number of carbonyl (C=O) groups is 2. The molecule has 7 nitrogen and oxygen atoms in total. The van der Waals surface area contributed by atoms with E-state index in [0.717, 1.165) is 0 Å². The van der Waals surface area contributed by atoms with Crippen molar-refractivity contribution in [1.29, 1.82) is 0 Å². The van der Waals surface area contributed by atoms with Gasteiger partial charge in [-0.15, -0.1) is 6.58 Å². The van der Waals surface area contributed by atoms with Gasteiger partial charge in [0.1, 0.15) is 17.3 Å². The molecule has 2 aromatic rings. The normalized spacial score (nSPS) is 9.92. The molecule has 124 valence electrons. The van der Waals surface area contributed by atoms with Gasteiger partial charge in [-0.3, -0.25) is 4.79 Å². The molecule has 0 atom stereocenters. The molecular formula is C17H18N4O3. The minimum Gasteiger partial charge on any atom is -0.465 e. The predicted octanol–water partition coefficient (Wildman–Crippen LogP) is 2.23. The smallest absolute Gasteiger partial charge is 0.337 e. The first-order chi connectivity index (χ1) is 11.5. The first-order valence-electron chi connectivity index (χ1n) is 7.23. The highest BCUT2D eigenvalue weighted by atomic mass is 16.5. The number of benzene rings is 1. The van der Waals surface area contributed by atoms with Gasteiger partial charge < -0.3 is 15.4 Å². The lowest BCUT2D eigenvalue weighted by Crippen LogP contribution is -2.24. The summed E-state index contributed by atoms with van der Waals surface area (Å²) < 4.78 is 4.70. The lowest BCUT2D eigenvalue weighted by molar-refractivity contribution is 0.0600. The van der Waals surface area contributed by atoms with Crippen molar-refractivity contribution >= 4 is 23.4 Å². The summed E-state index contributed by atoms with van der Waals surface area (Å²) in [7, 11) is 1.32. The quantitative estimate of drug-likeness (QED) is 0.624. The fourth-order valence-corrected chi connectivity index (χ4v) is 1.99. The molecule has 2 rings (SSSR count). The van der Waals surface area contributed by atoms with Crippen LogP contribution in [0.2, 0.25) is 0 Å². The first kappa shape index (κ1) is 17.1. The van der Waals surface area contributed by atoms with E-state index < -0.39 is 5.97 Å². The van der Waals surface area contributed by atoms with Crippen molar-refractivity contribution in [2.24, 2.45) is 0 Å². The highest BCUT2D eigenvalue weighted by Crippen LogP contribution is 2.17. The Balaban J connectivity index is 2.23. The molecule has 0 saturated carbocycles. The van der Waals surface area contributed by atoms with Crippen LogP contribution in [0.5, 0.6) is 0 Å². The number of carbonyl (C=O) groups excluding carboxylic acids is 2. The van der Waals surface area contributed by atoms with Crippen molar-refractivity contribution in [1.82, 2.24) is 15.3 Å². The molecule has 7 heteroatoms. The highest BCUT2D eigenvalue weighted by molar-refractivity contribution is 5.93. The maximum atomic E-state index is 12.0. The summed E-state index contributed by atoms with van der Waals surface area (Å²) in [6.07, 6.45) is 1.59. The highest BCUT2D eigenvalue weighted by Gasteiger charge is 2.11. The van der Waals surface area contributed by atoms with Crippen LogP contribution in [0.25, 0.3) is 0 Å². The summed E-state index contributed by atoms with van der Waals surface area (Å²) in [5.74, 6) is 0.162. The van der Waals surface area contributed by atoms with Gasteiger partial charge in [-0.1, -0.05) is 12.1 Å². The second-order valence-corrected chi connectivity index (χ2v) is 4.88. The van der Waals surface area contributed by atoms with Gasteiger partial charge in [-0.2, -0.15) is 0 Å². The zero-order valence-corrected chi connectivity index (χ0v) is 13.5. The Morgan fingerprint density at radius 1 is 1.29 bits per heavy atom. The lowest BCUT2D eigenvalue weighted by atomic mass is 10.2. The van der Waals surface area contributed by atoms with Crippen molar-refractivity contribution in [3.8, 4) is 0 Å². The number of nitrogens with zero attached hydrogens (tertiary/aromatic N) is 2. The number of esters is 1. The van der Waals surface area contributed by atoms with E-state index in [4.69, 9.17) is 4.74 Å². The van der Waals surface area contributed by atoms with Crippen LogP contribution in [0.1, 0.15) is 26.7 Å². The van der Waals surface area contributed by atoms with Gasteiger partial charge in [0.15, 0.2) is 0 Å². The topological polar surface area (TPSA) is 93.2 Å². The van der Waals surface area contributed by atoms with Crippen LogP contribution in [-0.4, -0.2) is 35.5 Å². The Hall–Kier alpha value is -3.22. The van der Waals surface area contributed by atoms with Crippen LogP contribution in [-0.2, 0) is 4.74 Å². The molecule has 1 aromatic heterocycles. The second-order valence-electron chi connectivity index (χ2n) is 4.88. The number of anilines is 2. The van der Waals surface area contributed by atoms with E-state index >= 15 is 0 Å². The largest absolute Gasteiger partial charge is 0.465 e. The zero-order chi connectivity index (χ0) is 17.5. The third kappa shape index (κ3) is 4.39. The fraction of sp³-hybridized carbons (Fsp3) is 0.176. The molecule has 1 aromatic carbocycles. The molecule has 0 aliphatic carbocycles. The molecule has 0 radical (unpaired) electrons. The fourth-order valence-electron chi connectivity index (χ4n) is 1.99. The number of hydrogen-bond donors (Lipinski definition) is 2. The number of aryl methyl sites for hydroxylation is 1. The second kappa shape index (κ2) is 7.87. The van der Waals surface area contributed by atoms with E-state index in [1.54, 1.807) is 37.3 Å². The number of hydrogen-bond acceptors (Lipinski definition) is 6. The van der Waals surface area contributed by atoms with Crippen molar-refractivity contribution in [3.05, 3.63) is 60.1 Å². The molecule has 0 bridgehead atoms. The van der Waals surface area contributed by atoms with Crippen molar-refractivity contribution in [3.63, 3.8) is 0 Å². The summed E-state index contributed by atoms with van der Waals surface area (Å²) >= 11 is 0. The molecule has 0 aliphatic heterocycles. The summed E-state index contributed by atoms with van der Waals surface area (Å²) in [4.78, 5) is 31.9. The third-order valence-corrected chi connectivity index (χ3v) is 3.03. The summed E-state index contributed by atoms with van der Waals surface area (Å²) in [6.45, 7) is 5.60. The van der Waals surface area contributed by atoms with Crippen molar-refractivity contribution in [2.75, 3.05) is 19.0 Å². The Labute approximate surface area is 139 Å². The van der Waals surface area contributed by atoms with E-state index in [0.29, 0.717) is 29.4 Å². The molecule has 0 fully saturated rings. The average Bonchev–Trinajstić information content (AvgIpc) is 2.58. The number of amides is 1. The van der Waals surface area contributed by atoms with Gasteiger partial charge >= 0.3 is 5.97 Å². The van der Waals surface area contributed by atoms with Crippen molar-refractivity contribution in [2.45, 2.75) is 6.92 Å². The number of rotatable bonds is 6. The standard InChI is InChI=1S/C17H18N4O3/c1-4-8-18-16(22)14-10-15(20-11(2)19-14)21-13-7-5-6-12(9-13)17(23)24-3/h4-7,9-10H,1,8H2,2-3H3,(H,18,22)(H,19,20,21). The van der Waals surface area contributed by atoms with Gasteiger partial charge in [0.25, 0.3) is 5.91 Å². The van der Waals surface area contributed by atoms with E-state index in [1.165, 1.54) is 13.2 Å². The van der Waals surface area contributed by atoms with Gasteiger partial charge in [-0.05, 0) is 25.1 Å². The van der Waals surface area contributed by atoms with Crippen LogP contribution in [0, 0.1) is 6.92 Å². The van der Waals surface area contributed by atoms with Gasteiger partial charge in [0, 0.05) is 18.3 Å². The summed E-state index contributed by atoms with van der Waals surface area (Å²) in [6, 6.07) is 8.33. The minimum atomic E-state index is -0.429. The summed E-state index contributed by atoms with van der Waals surface area (Å²) in [5.41, 5.74) is 1.31. The Kier molecular flexibility index (Phi) is 5.62. The molecule has 0 unspecified atom stereocenters. The SMILES string of the molecule is C=CCNC(=O)c1cc(Nc2cccc(C(=O)OC)c2)nc(C)n1. The predicted molar refractivity (Wildman–Crippen MR) is 90.4 cm³/mol. The Bertz CT molecular complexity index is 774. The van der Waals surface area contributed by atoms with Gasteiger partial charge in [-0.25, -0.2) is 14.8 Å². The van der Waals surface area contributed by atoms with Gasteiger partial charge in [0.2, 0.25) is 0 Å². The Morgan fingerprint density at radius 3 is 2.79 bits per heavy atom. The molecule has 1 heterocycles. The molecule has 0 saturated heterocycles. The first-order valence-corrected chi connectivity index (χ1v) is 7.23. The average molecular weight is 326 g/mol. The van der Waals surface area contributed by atoms with Gasteiger partial charge in [0.05, 0.1) is 12.7 Å². The molecule has 24 heavy (non-hydrogen) atoms. The molecular weight excluding hydrogens is 308 g/mol. The van der Waals surface area contributed by atoms with Crippen LogP contribution in [0.15, 0.2) is 43.0 Å².